The van der Waals surface area contributed by atoms with E-state index in [1.807, 2.05) is 18.6 Å². The molecule has 5 heteroatoms. The first kappa shape index (κ1) is 22.7. The van der Waals surface area contributed by atoms with Crippen LogP contribution in [0.2, 0.25) is 0 Å². The van der Waals surface area contributed by atoms with Crippen molar-refractivity contribution in [3.63, 3.8) is 0 Å². The lowest BCUT2D eigenvalue weighted by molar-refractivity contribution is 1.17. The number of imidazole rings is 1. The molecule has 5 aromatic heterocycles. The average Bonchev–Trinajstić information content (AvgIpc) is 3.78. The summed E-state index contributed by atoms with van der Waals surface area (Å²) in [7, 11) is 0. The molecule has 5 aromatic carbocycles. The average molecular weight is 550 g/mol. The van der Waals surface area contributed by atoms with Crippen molar-refractivity contribution in [2.45, 2.75) is 0 Å². The van der Waals surface area contributed by atoms with Crippen LogP contribution in [0, 0.1) is 0 Å². The molecule has 10 aromatic rings. The van der Waals surface area contributed by atoms with E-state index in [1.54, 1.807) is 0 Å². The normalized spacial score (nSPS) is 12.2. The number of para-hydroxylation sites is 3. The highest BCUT2D eigenvalue weighted by molar-refractivity contribution is 6.32. The van der Waals surface area contributed by atoms with E-state index in [1.165, 1.54) is 43.5 Å². The molecule has 0 saturated heterocycles. The fourth-order valence-electron chi connectivity index (χ4n) is 7.28. The van der Waals surface area contributed by atoms with Gasteiger partial charge in [0, 0.05) is 68.5 Å². The summed E-state index contributed by atoms with van der Waals surface area (Å²) in [5.74, 6) is 0. The standard InChI is InChI=1S/C38H23N5/c1-3-9-24(10-4-1)42-32-17-15-28-26-19-20-39-23-30(26)38-40-21-22-41(38)36(28)34(32)35-33(42)18-16-29-27-13-7-8-14-31(27)43(37(29)35)25-11-5-2-6-12-25/h1-23H. The number of hydrogen-bond donors (Lipinski definition) is 0. The van der Waals surface area contributed by atoms with E-state index < -0.39 is 0 Å². The first-order valence-electron chi connectivity index (χ1n) is 14.5. The Bertz CT molecular complexity index is 2710. The highest BCUT2D eigenvalue weighted by Gasteiger charge is 2.24. The number of benzene rings is 5. The molecule has 200 valence electrons. The fourth-order valence-corrected chi connectivity index (χ4v) is 7.28. The molecule has 0 atom stereocenters. The van der Waals surface area contributed by atoms with Gasteiger partial charge >= 0.3 is 0 Å². The van der Waals surface area contributed by atoms with Crippen molar-refractivity contribution in [2.75, 3.05) is 0 Å². The Balaban J connectivity index is 1.57. The lowest BCUT2D eigenvalue weighted by atomic mass is 10.0. The molecule has 0 amide bonds. The number of fused-ring (bicyclic) bond motifs is 14. The number of pyridine rings is 2. The lowest BCUT2D eigenvalue weighted by Gasteiger charge is -2.11. The van der Waals surface area contributed by atoms with E-state index in [0.717, 1.165) is 38.8 Å². The Morgan fingerprint density at radius 2 is 1.09 bits per heavy atom. The van der Waals surface area contributed by atoms with Crippen LogP contribution in [0.1, 0.15) is 0 Å². The Morgan fingerprint density at radius 3 is 1.86 bits per heavy atom. The van der Waals surface area contributed by atoms with Gasteiger partial charge in [0.25, 0.3) is 0 Å². The Labute approximate surface area is 245 Å². The molecule has 0 saturated carbocycles. The van der Waals surface area contributed by atoms with Gasteiger partial charge in [-0.05, 0) is 53.9 Å². The molecule has 0 bridgehead atoms. The van der Waals surface area contributed by atoms with Crippen molar-refractivity contribution in [2.24, 2.45) is 0 Å². The number of rotatable bonds is 2. The monoisotopic (exact) mass is 549 g/mol. The van der Waals surface area contributed by atoms with E-state index in [9.17, 15) is 0 Å². The molecule has 0 N–H and O–H groups in total. The number of hydrogen-bond acceptors (Lipinski definition) is 2. The van der Waals surface area contributed by atoms with Crippen molar-refractivity contribution in [1.29, 1.82) is 0 Å². The first-order chi connectivity index (χ1) is 21.4. The molecule has 43 heavy (non-hydrogen) atoms. The number of nitrogens with zero attached hydrogens (tertiary/aromatic N) is 5. The van der Waals surface area contributed by atoms with Crippen molar-refractivity contribution < 1.29 is 0 Å². The van der Waals surface area contributed by atoms with Crippen molar-refractivity contribution in [3.8, 4) is 11.4 Å². The smallest absolute Gasteiger partial charge is 0.146 e. The van der Waals surface area contributed by atoms with Gasteiger partial charge in [0.1, 0.15) is 5.65 Å². The number of aromatic nitrogens is 5. The summed E-state index contributed by atoms with van der Waals surface area (Å²) in [6, 6.07) is 41.4. The van der Waals surface area contributed by atoms with Gasteiger partial charge < -0.3 is 9.13 Å². The van der Waals surface area contributed by atoms with Gasteiger partial charge in [-0.1, -0.05) is 66.7 Å². The summed E-state index contributed by atoms with van der Waals surface area (Å²) in [4.78, 5) is 9.28. The molecule has 0 aliphatic carbocycles. The van der Waals surface area contributed by atoms with E-state index in [4.69, 9.17) is 4.98 Å². The van der Waals surface area contributed by atoms with Crippen LogP contribution < -0.4 is 0 Å². The van der Waals surface area contributed by atoms with E-state index in [2.05, 4.69) is 140 Å². The molecular weight excluding hydrogens is 526 g/mol. The fraction of sp³-hybridized carbons (Fsp3) is 0. The maximum atomic E-state index is 4.82. The maximum absolute atomic E-state index is 4.82. The summed E-state index contributed by atoms with van der Waals surface area (Å²) < 4.78 is 7.11. The summed E-state index contributed by atoms with van der Waals surface area (Å²) in [5.41, 5.74) is 9.09. The lowest BCUT2D eigenvalue weighted by Crippen LogP contribution is -1.95. The van der Waals surface area contributed by atoms with Gasteiger partial charge in [-0.25, -0.2) is 4.98 Å². The van der Waals surface area contributed by atoms with Crippen LogP contribution >= 0.6 is 0 Å². The van der Waals surface area contributed by atoms with Gasteiger partial charge in [0.15, 0.2) is 0 Å². The Morgan fingerprint density at radius 1 is 0.442 bits per heavy atom. The molecule has 0 aliphatic rings. The van der Waals surface area contributed by atoms with Gasteiger partial charge in [-0.2, -0.15) is 0 Å². The second kappa shape index (κ2) is 8.30. The molecule has 0 aliphatic heterocycles. The Hall–Kier alpha value is -5.94. The van der Waals surface area contributed by atoms with Gasteiger partial charge in [-0.3, -0.25) is 9.38 Å². The van der Waals surface area contributed by atoms with Crippen molar-refractivity contribution in [3.05, 3.63) is 140 Å². The van der Waals surface area contributed by atoms with Crippen LogP contribution in [-0.2, 0) is 0 Å². The van der Waals surface area contributed by atoms with Crippen LogP contribution in [0.25, 0.3) is 82.3 Å². The minimum Gasteiger partial charge on any atom is -0.309 e. The van der Waals surface area contributed by atoms with Crippen LogP contribution in [0.3, 0.4) is 0 Å². The second-order valence-corrected chi connectivity index (χ2v) is 11.1. The van der Waals surface area contributed by atoms with Crippen molar-refractivity contribution >= 4 is 70.9 Å². The maximum Gasteiger partial charge on any atom is 0.146 e. The zero-order chi connectivity index (χ0) is 28.1. The molecule has 0 radical (unpaired) electrons. The molecule has 5 heterocycles. The molecule has 0 spiro atoms. The predicted molar refractivity (Wildman–Crippen MR) is 177 cm³/mol. The Kier molecular flexibility index (Phi) is 4.39. The minimum atomic E-state index is 0.916. The molecule has 0 fully saturated rings. The van der Waals surface area contributed by atoms with Crippen molar-refractivity contribution in [1.82, 2.24) is 23.5 Å². The van der Waals surface area contributed by atoms with E-state index in [-0.39, 0.29) is 0 Å². The third-order valence-electron chi connectivity index (χ3n) is 8.96. The van der Waals surface area contributed by atoms with Crippen LogP contribution in [-0.4, -0.2) is 23.5 Å². The zero-order valence-electron chi connectivity index (χ0n) is 23.0. The summed E-state index contributed by atoms with van der Waals surface area (Å²) in [5, 5.41) is 8.31. The molecular formula is C38H23N5. The summed E-state index contributed by atoms with van der Waals surface area (Å²) in [6.45, 7) is 0. The largest absolute Gasteiger partial charge is 0.309 e. The predicted octanol–water partition coefficient (Wildman–Crippen LogP) is 9.23. The minimum absolute atomic E-state index is 0.916. The van der Waals surface area contributed by atoms with Crippen LogP contribution in [0.5, 0.6) is 0 Å². The topological polar surface area (TPSA) is 40.0 Å². The second-order valence-electron chi connectivity index (χ2n) is 11.1. The third-order valence-corrected chi connectivity index (χ3v) is 8.96. The van der Waals surface area contributed by atoms with E-state index >= 15 is 0 Å². The summed E-state index contributed by atoms with van der Waals surface area (Å²) in [6.07, 6.45) is 7.79. The SMILES string of the molecule is c1ccc(-n2c3ccc4c5ccccc5n(-c5ccccc5)c4c3c3c2ccc2c4ccncc4c4nccn4c23)cc1. The van der Waals surface area contributed by atoms with Gasteiger partial charge in [-0.15, -0.1) is 0 Å². The van der Waals surface area contributed by atoms with Gasteiger partial charge in [0.05, 0.1) is 27.6 Å². The van der Waals surface area contributed by atoms with E-state index in [0.29, 0.717) is 0 Å². The molecule has 10 rings (SSSR count). The first-order valence-corrected chi connectivity index (χ1v) is 14.5. The van der Waals surface area contributed by atoms with Crippen LogP contribution in [0.15, 0.2) is 140 Å². The zero-order valence-corrected chi connectivity index (χ0v) is 23.0. The highest BCUT2D eigenvalue weighted by atomic mass is 15.0. The van der Waals surface area contributed by atoms with Crippen LogP contribution in [0.4, 0.5) is 0 Å². The molecule has 5 nitrogen and oxygen atoms in total. The third kappa shape index (κ3) is 2.90. The highest BCUT2D eigenvalue weighted by Crippen LogP contribution is 2.45. The van der Waals surface area contributed by atoms with Gasteiger partial charge in [0.2, 0.25) is 0 Å². The molecule has 0 unspecified atom stereocenters. The summed E-state index contributed by atoms with van der Waals surface area (Å²) >= 11 is 0. The quantitative estimate of drug-likeness (QED) is 0.202.